The van der Waals surface area contributed by atoms with Crippen molar-refractivity contribution in [1.82, 2.24) is 20.4 Å². The lowest BCUT2D eigenvalue weighted by Gasteiger charge is -2.34. The van der Waals surface area contributed by atoms with Crippen LogP contribution in [0.2, 0.25) is 0 Å². The summed E-state index contributed by atoms with van der Waals surface area (Å²) in [5.41, 5.74) is 0. The molecule has 0 unspecified atom stereocenters. The van der Waals surface area contributed by atoms with E-state index in [0.29, 0.717) is 18.2 Å². The lowest BCUT2D eigenvalue weighted by Crippen LogP contribution is -2.48. The van der Waals surface area contributed by atoms with Gasteiger partial charge >= 0.3 is 0 Å². The van der Waals surface area contributed by atoms with Crippen LogP contribution < -0.4 is 10.2 Å². The molecule has 2 aliphatic rings. The van der Waals surface area contributed by atoms with Crippen molar-refractivity contribution in [3.63, 3.8) is 0 Å². The van der Waals surface area contributed by atoms with Crippen molar-refractivity contribution in [2.45, 2.75) is 48.9 Å². The molecule has 0 atom stereocenters. The standard InChI is InChI=1S/C17H26BrN5O2S2/c18-7-3-6-15(25)22-8-10-23(11-9-22)16-20-21-17(27-16)26-12-14(24)19-13-4-1-2-5-13/h13H,1-12H2,(H,19,24). The summed E-state index contributed by atoms with van der Waals surface area (Å²) in [4.78, 5) is 28.2. The molecule has 1 saturated heterocycles. The molecule has 2 heterocycles. The zero-order valence-electron chi connectivity index (χ0n) is 15.4. The van der Waals surface area contributed by atoms with E-state index in [-0.39, 0.29) is 11.8 Å². The molecule has 1 aromatic heterocycles. The number of rotatable bonds is 8. The molecule has 1 N–H and O–H groups in total. The molecule has 1 aliphatic heterocycles. The largest absolute Gasteiger partial charge is 0.353 e. The summed E-state index contributed by atoms with van der Waals surface area (Å²) in [5.74, 6) is 0.705. The number of aromatic nitrogens is 2. The van der Waals surface area contributed by atoms with Gasteiger partial charge in [-0.2, -0.15) is 0 Å². The van der Waals surface area contributed by atoms with Crippen molar-refractivity contribution >= 4 is 56.0 Å². The van der Waals surface area contributed by atoms with E-state index in [1.54, 1.807) is 0 Å². The SMILES string of the molecule is O=C(CSc1nnc(N2CCN(C(=O)CCCBr)CC2)s1)NC1CCCC1. The van der Waals surface area contributed by atoms with Crippen LogP contribution in [0.5, 0.6) is 0 Å². The fraction of sp³-hybridized carbons (Fsp3) is 0.765. The Hall–Kier alpha value is -0.870. The summed E-state index contributed by atoms with van der Waals surface area (Å²) >= 11 is 6.34. The van der Waals surface area contributed by atoms with E-state index < -0.39 is 0 Å². The Morgan fingerprint density at radius 3 is 2.63 bits per heavy atom. The maximum atomic E-state index is 12.1. The molecular weight excluding hydrogens is 450 g/mol. The number of alkyl halides is 1. The quantitative estimate of drug-likeness (QED) is 0.459. The van der Waals surface area contributed by atoms with E-state index in [9.17, 15) is 9.59 Å². The third kappa shape index (κ3) is 6.32. The molecule has 2 fully saturated rings. The predicted molar refractivity (Wildman–Crippen MR) is 113 cm³/mol. The smallest absolute Gasteiger partial charge is 0.230 e. The van der Waals surface area contributed by atoms with Gasteiger partial charge in [-0.05, 0) is 19.3 Å². The van der Waals surface area contributed by atoms with Crippen LogP contribution in [-0.4, -0.2) is 70.2 Å². The second-order valence-electron chi connectivity index (χ2n) is 6.85. The van der Waals surface area contributed by atoms with Crippen molar-refractivity contribution < 1.29 is 9.59 Å². The van der Waals surface area contributed by atoms with Gasteiger partial charge in [0.2, 0.25) is 16.9 Å². The van der Waals surface area contributed by atoms with Crippen molar-refractivity contribution in [2.24, 2.45) is 0 Å². The van der Waals surface area contributed by atoms with Crippen LogP contribution in [0.25, 0.3) is 0 Å². The van der Waals surface area contributed by atoms with Crippen LogP contribution in [-0.2, 0) is 9.59 Å². The van der Waals surface area contributed by atoms with Crippen molar-refractivity contribution in [3.8, 4) is 0 Å². The van der Waals surface area contributed by atoms with Crippen LogP contribution in [0.1, 0.15) is 38.5 Å². The molecule has 3 rings (SSSR count). The van der Waals surface area contributed by atoms with Gasteiger partial charge in [0.1, 0.15) is 0 Å². The van der Waals surface area contributed by atoms with Gasteiger partial charge in [0.25, 0.3) is 0 Å². The van der Waals surface area contributed by atoms with Gasteiger partial charge in [-0.15, -0.1) is 10.2 Å². The number of halogens is 1. The van der Waals surface area contributed by atoms with Gasteiger partial charge in [0, 0.05) is 44.0 Å². The summed E-state index contributed by atoms with van der Waals surface area (Å²) in [7, 11) is 0. The highest BCUT2D eigenvalue weighted by Gasteiger charge is 2.23. The molecule has 10 heteroatoms. The minimum Gasteiger partial charge on any atom is -0.353 e. The first-order chi connectivity index (χ1) is 13.2. The molecule has 1 aromatic rings. The number of carbonyl (C=O) groups is 2. The van der Waals surface area contributed by atoms with Crippen molar-refractivity contribution in [3.05, 3.63) is 0 Å². The zero-order chi connectivity index (χ0) is 19.1. The Morgan fingerprint density at radius 1 is 1.19 bits per heavy atom. The fourth-order valence-electron chi connectivity index (χ4n) is 3.38. The van der Waals surface area contributed by atoms with E-state index in [1.165, 1.54) is 35.9 Å². The topological polar surface area (TPSA) is 78.4 Å². The molecule has 7 nitrogen and oxygen atoms in total. The van der Waals surface area contributed by atoms with Gasteiger partial charge in [-0.3, -0.25) is 9.59 Å². The average molecular weight is 476 g/mol. The second-order valence-corrected chi connectivity index (χ2v) is 9.82. The van der Waals surface area contributed by atoms with E-state index in [4.69, 9.17) is 0 Å². The minimum absolute atomic E-state index is 0.0826. The van der Waals surface area contributed by atoms with Crippen molar-refractivity contribution in [2.75, 3.05) is 42.2 Å². The summed E-state index contributed by atoms with van der Waals surface area (Å²) in [6.07, 6.45) is 6.12. The summed E-state index contributed by atoms with van der Waals surface area (Å²) in [6, 6.07) is 0.358. The second kappa shape index (κ2) is 10.6. The number of piperazine rings is 1. The number of hydrogen-bond donors (Lipinski definition) is 1. The Bertz CT molecular complexity index is 631. The van der Waals surface area contributed by atoms with Gasteiger partial charge in [0.05, 0.1) is 5.75 Å². The summed E-state index contributed by atoms with van der Waals surface area (Å²) in [5, 5.41) is 13.3. The van der Waals surface area contributed by atoms with E-state index >= 15 is 0 Å². The van der Waals surface area contributed by atoms with Gasteiger partial charge < -0.3 is 15.1 Å². The molecule has 0 aromatic carbocycles. The number of nitrogens with zero attached hydrogens (tertiary/aromatic N) is 4. The Morgan fingerprint density at radius 2 is 1.93 bits per heavy atom. The highest BCUT2D eigenvalue weighted by atomic mass is 79.9. The van der Waals surface area contributed by atoms with Crippen LogP contribution >= 0.6 is 39.0 Å². The molecular formula is C17H26BrN5O2S2. The average Bonchev–Trinajstić information content (AvgIpc) is 3.36. The first-order valence-corrected chi connectivity index (χ1v) is 12.4. The van der Waals surface area contributed by atoms with Crippen molar-refractivity contribution in [1.29, 1.82) is 0 Å². The monoisotopic (exact) mass is 475 g/mol. The van der Waals surface area contributed by atoms with Gasteiger partial charge in [-0.1, -0.05) is 51.9 Å². The zero-order valence-corrected chi connectivity index (χ0v) is 18.6. The predicted octanol–water partition coefficient (Wildman–Crippen LogP) is 2.51. The first kappa shape index (κ1) is 20.9. The minimum atomic E-state index is 0.0826. The molecule has 27 heavy (non-hydrogen) atoms. The third-order valence-corrected chi connectivity index (χ3v) is 7.55. The highest BCUT2D eigenvalue weighted by Crippen LogP contribution is 2.28. The Labute approximate surface area is 176 Å². The molecule has 2 amide bonds. The molecule has 1 aliphatic carbocycles. The van der Waals surface area contributed by atoms with Gasteiger partial charge in [-0.25, -0.2) is 0 Å². The normalized spacial score (nSPS) is 18.1. The number of carbonyl (C=O) groups excluding carboxylic acids is 2. The van der Waals surface area contributed by atoms with E-state index in [0.717, 1.165) is 60.2 Å². The van der Waals surface area contributed by atoms with Crippen LogP contribution in [0, 0.1) is 0 Å². The molecule has 0 bridgehead atoms. The molecule has 150 valence electrons. The number of amides is 2. The summed E-state index contributed by atoms with van der Waals surface area (Å²) < 4.78 is 0.822. The molecule has 0 radical (unpaired) electrons. The molecule has 0 spiro atoms. The number of hydrogen-bond acceptors (Lipinski definition) is 7. The fourth-order valence-corrected chi connectivity index (χ4v) is 5.36. The van der Waals surface area contributed by atoms with Gasteiger partial charge in [0.15, 0.2) is 4.34 Å². The molecule has 1 saturated carbocycles. The van der Waals surface area contributed by atoms with Crippen LogP contribution in [0.15, 0.2) is 4.34 Å². The van der Waals surface area contributed by atoms with E-state index in [1.807, 2.05) is 4.90 Å². The van der Waals surface area contributed by atoms with E-state index in [2.05, 4.69) is 36.3 Å². The highest BCUT2D eigenvalue weighted by molar-refractivity contribution is 9.09. The Balaban J connectivity index is 1.40. The summed E-state index contributed by atoms with van der Waals surface area (Å²) in [6.45, 7) is 3.02. The maximum absolute atomic E-state index is 12.1. The Kier molecular flexibility index (Phi) is 8.20. The number of anilines is 1. The van der Waals surface area contributed by atoms with Crippen LogP contribution in [0.4, 0.5) is 5.13 Å². The lowest BCUT2D eigenvalue weighted by molar-refractivity contribution is -0.131. The first-order valence-electron chi connectivity index (χ1n) is 9.50. The third-order valence-electron chi connectivity index (χ3n) is 4.87. The van der Waals surface area contributed by atoms with Crippen LogP contribution in [0.3, 0.4) is 0 Å². The number of nitrogens with one attached hydrogen (secondary N) is 1. The number of thioether (sulfide) groups is 1. The lowest BCUT2D eigenvalue weighted by atomic mass is 10.2. The maximum Gasteiger partial charge on any atom is 0.230 e.